The van der Waals surface area contributed by atoms with Crippen molar-refractivity contribution in [1.82, 2.24) is 0 Å². The highest BCUT2D eigenvalue weighted by molar-refractivity contribution is 5.54. The fraction of sp³-hybridized carbons (Fsp3) is 0.217. The van der Waals surface area contributed by atoms with Gasteiger partial charge in [0.1, 0.15) is 23.0 Å². The Bertz CT molecular complexity index is 875. The van der Waals surface area contributed by atoms with Gasteiger partial charge in [-0.15, -0.1) is 0 Å². The third kappa shape index (κ3) is 3.85. The molecule has 0 atom stereocenters. The van der Waals surface area contributed by atoms with Crippen LogP contribution in [0, 0.1) is 34.6 Å². The number of rotatable bonds is 4. The molecule has 3 aromatic carbocycles. The molecule has 0 heterocycles. The van der Waals surface area contributed by atoms with Gasteiger partial charge in [-0.25, -0.2) is 0 Å². The minimum atomic E-state index is 0.847. The van der Waals surface area contributed by atoms with E-state index in [9.17, 15) is 0 Å². The number of benzene rings is 3. The van der Waals surface area contributed by atoms with Crippen LogP contribution in [0.25, 0.3) is 0 Å². The van der Waals surface area contributed by atoms with E-state index in [1.165, 1.54) is 11.1 Å². The lowest BCUT2D eigenvalue weighted by molar-refractivity contribution is 0.459. The van der Waals surface area contributed by atoms with Crippen LogP contribution < -0.4 is 9.47 Å². The first-order chi connectivity index (χ1) is 11.9. The quantitative estimate of drug-likeness (QED) is 0.522. The molecule has 3 aromatic rings. The van der Waals surface area contributed by atoms with Crippen molar-refractivity contribution in [3.63, 3.8) is 0 Å². The number of ether oxygens (including phenoxy) is 2. The number of aryl methyl sites for hydroxylation is 3. The Morgan fingerprint density at radius 3 is 1.56 bits per heavy atom. The zero-order chi connectivity index (χ0) is 18.0. The van der Waals surface area contributed by atoms with E-state index in [2.05, 4.69) is 58.9 Å². The molecule has 3 rings (SSSR count). The molecule has 0 fully saturated rings. The highest BCUT2D eigenvalue weighted by Gasteiger charge is 2.14. The van der Waals surface area contributed by atoms with Crippen LogP contribution in [0.15, 0.2) is 54.6 Å². The lowest BCUT2D eigenvalue weighted by atomic mass is 10.0. The van der Waals surface area contributed by atoms with E-state index >= 15 is 0 Å². The summed E-state index contributed by atoms with van der Waals surface area (Å²) in [5.74, 6) is 3.47. The second-order valence-corrected chi connectivity index (χ2v) is 6.60. The first-order valence-electron chi connectivity index (χ1n) is 8.54. The second-order valence-electron chi connectivity index (χ2n) is 6.60. The Balaban J connectivity index is 1.90. The summed E-state index contributed by atoms with van der Waals surface area (Å²) in [5, 5.41) is 0. The molecule has 0 aliphatic carbocycles. The van der Waals surface area contributed by atoms with Crippen molar-refractivity contribution in [2.75, 3.05) is 0 Å². The van der Waals surface area contributed by atoms with E-state index in [-0.39, 0.29) is 0 Å². The Kier molecular flexibility index (Phi) is 4.80. The summed E-state index contributed by atoms with van der Waals surface area (Å²) in [6, 6.07) is 18.3. The zero-order valence-corrected chi connectivity index (χ0v) is 15.5. The molecule has 0 aromatic heterocycles. The topological polar surface area (TPSA) is 18.5 Å². The summed E-state index contributed by atoms with van der Waals surface area (Å²) < 4.78 is 12.2. The normalized spacial score (nSPS) is 10.6. The average Bonchev–Trinajstić information content (AvgIpc) is 2.60. The zero-order valence-electron chi connectivity index (χ0n) is 15.5. The lowest BCUT2D eigenvalue weighted by Crippen LogP contribution is -1.97. The SMILES string of the molecule is Cc1ccc(Oc2cc(C)c(Oc3ccc(C)cc3)c(C)c2C)cc1. The standard InChI is InChI=1S/C23H24O2/c1-15-6-10-20(11-7-15)24-22-14-17(3)23(19(5)18(22)4)25-21-12-8-16(2)9-13-21/h6-14H,1-5H3. The van der Waals surface area contributed by atoms with Crippen LogP contribution in [0.2, 0.25) is 0 Å². The van der Waals surface area contributed by atoms with Crippen molar-refractivity contribution >= 4 is 0 Å². The summed E-state index contributed by atoms with van der Waals surface area (Å²) in [5.41, 5.74) is 5.69. The van der Waals surface area contributed by atoms with Crippen molar-refractivity contribution in [3.05, 3.63) is 82.4 Å². The highest BCUT2D eigenvalue weighted by Crippen LogP contribution is 2.37. The Morgan fingerprint density at radius 2 is 1.04 bits per heavy atom. The molecule has 0 N–H and O–H groups in total. The van der Waals surface area contributed by atoms with Gasteiger partial charge < -0.3 is 9.47 Å². The first kappa shape index (κ1) is 17.1. The van der Waals surface area contributed by atoms with Gasteiger partial charge in [0.2, 0.25) is 0 Å². The maximum Gasteiger partial charge on any atom is 0.133 e. The molecule has 2 nitrogen and oxygen atoms in total. The van der Waals surface area contributed by atoms with E-state index in [0.29, 0.717) is 0 Å². The van der Waals surface area contributed by atoms with Crippen LogP contribution in [-0.4, -0.2) is 0 Å². The molecule has 128 valence electrons. The third-order valence-electron chi connectivity index (χ3n) is 4.47. The second kappa shape index (κ2) is 7.02. The highest BCUT2D eigenvalue weighted by atomic mass is 16.5. The van der Waals surface area contributed by atoms with Gasteiger partial charge in [-0.05, 0) is 81.6 Å². The molecule has 25 heavy (non-hydrogen) atoms. The molecule has 0 spiro atoms. The van der Waals surface area contributed by atoms with Crippen LogP contribution in [0.4, 0.5) is 0 Å². The fourth-order valence-electron chi connectivity index (χ4n) is 2.74. The summed E-state index contributed by atoms with van der Waals surface area (Å²) in [6.07, 6.45) is 0. The van der Waals surface area contributed by atoms with E-state index in [4.69, 9.17) is 9.47 Å². The van der Waals surface area contributed by atoms with Crippen LogP contribution >= 0.6 is 0 Å². The molecule has 0 unspecified atom stereocenters. The minimum absolute atomic E-state index is 0.847. The Morgan fingerprint density at radius 1 is 0.560 bits per heavy atom. The molecule has 0 bridgehead atoms. The van der Waals surface area contributed by atoms with Gasteiger partial charge in [0.25, 0.3) is 0 Å². The van der Waals surface area contributed by atoms with Gasteiger partial charge in [-0.2, -0.15) is 0 Å². The maximum atomic E-state index is 6.14. The van der Waals surface area contributed by atoms with Gasteiger partial charge in [-0.3, -0.25) is 0 Å². The summed E-state index contributed by atoms with van der Waals surface area (Å²) in [6.45, 7) is 10.3. The number of hydrogen-bond donors (Lipinski definition) is 0. The molecule has 0 saturated heterocycles. The molecule has 0 aliphatic heterocycles. The van der Waals surface area contributed by atoms with Gasteiger partial charge in [0.15, 0.2) is 0 Å². The molecular formula is C23H24O2. The van der Waals surface area contributed by atoms with Gasteiger partial charge >= 0.3 is 0 Å². The minimum Gasteiger partial charge on any atom is -0.457 e. The monoisotopic (exact) mass is 332 g/mol. The molecule has 2 heteroatoms. The molecule has 0 radical (unpaired) electrons. The fourth-order valence-corrected chi connectivity index (χ4v) is 2.74. The number of hydrogen-bond acceptors (Lipinski definition) is 2. The predicted molar refractivity (Wildman–Crippen MR) is 103 cm³/mol. The third-order valence-corrected chi connectivity index (χ3v) is 4.47. The smallest absolute Gasteiger partial charge is 0.133 e. The van der Waals surface area contributed by atoms with Crippen molar-refractivity contribution in [2.24, 2.45) is 0 Å². The summed E-state index contributed by atoms with van der Waals surface area (Å²) in [4.78, 5) is 0. The Labute approximate surface area is 150 Å². The summed E-state index contributed by atoms with van der Waals surface area (Å²) in [7, 11) is 0. The molecular weight excluding hydrogens is 308 g/mol. The van der Waals surface area contributed by atoms with Crippen molar-refractivity contribution in [2.45, 2.75) is 34.6 Å². The average molecular weight is 332 g/mol. The van der Waals surface area contributed by atoms with Crippen molar-refractivity contribution in [3.8, 4) is 23.0 Å². The molecule has 0 amide bonds. The largest absolute Gasteiger partial charge is 0.457 e. The predicted octanol–water partition coefficient (Wildman–Crippen LogP) is 6.81. The van der Waals surface area contributed by atoms with Crippen LogP contribution in [0.1, 0.15) is 27.8 Å². The van der Waals surface area contributed by atoms with Crippen LogP contribution in [0.5, 0.6) is 23.0 Å². The Hall–Kier alpha value is -2.74. The van der Waals surface area contributed by atoms with Crippen molar-refractivity contribution < 1.29 is 9.47 Å². The van der Waals surface area contributed by atoms with Crippen LogP contribution in [-0.2, 0) is 0 Å². The lowest BCUT2D eigenvalue weighted by Gasteiger charge is -2.18. The van der Waals surface area contributed by atoms with E-state index in [1.807, 2.05) is 30.3 Å². The van der Waals surface area contributed by atoms with Crippen molar-refractivity contribution in [1.29, 1.82) is 0 Å². The molecule has 0 saturated carbocycles. The molecule has 0 aliphatic rings. The van der Waals surface area contributed by atoms with Gasteiger partial charge in [-0.1, -0.05) is 35.4 Å². The van der Waals surface area contributed by atoms with Crippen LogP contribution in [0.3, 0.4) is 0 Å². The van der Waals surface area contributed by atoms with Gasteiger partial charge in [0, 0.05) is 0 Å². The first-order valence-corrected chi connectivity index (χ1v) is 8.54. The van der Waals surface area contributed by atoms with E-state index < -0.39 is 0 Å². The van der Waals surface area contributed by atoms with Gasteiger partial charge in [0.05, 0.1) is 0 Å². The van der Waals surface area contributed by atoms with E-state index in [1.54, 1.807) is 0 Å². The van der Waals surface area contributed by atoms with E-state index in [0.717, 1.165) is 39.7 Å². The maximum absolute atomic E-state index is 6.14. The summed E-state index contributed by atoms with van der Waals surface area (Å²) >= 11 is 0.